The van der Waals surface area contributed by atoms with Gasteiger partial charge in [0.15, 0.2) is 5.60 Å². The summed E-state index contributed by atoms with van der Waals surface area (Å²) in [6.45, 7) is 9.00. The van der Waals surface area contributed by atoms with E-state index in [9.17, 15) is 62.6 Å². The van der Waals surface area contributed by atoms with E-state index in [4.69, 9.17) is 4.74 Å². The number of halogens is 13. The van der Waals surface area contributed by atoms with Gasteiger partial charge < -0.3 is 22.3 Å². The van der Waals surface area contributed by atoms with Crippen molar-refractivity contribution in [1.29, 1.82) is 0 Å². The van der Waals surface area contributed by atoms with E-state index in [0.717, 1.165) is 41.8 Å². The van der Waals surface area contributed by atoms with Crippen LogP contribution < -0.4 is 17.1 Å². The molecule has 1 heterocycles. The zero-order valence-electron chi connectivity index (χ0n) is 41.1. The predicted octanol–water partition coefficient (Wildman–Crippen LogP) is 14.7. The summed E-state index contributed by atoms with van der Waals surface area (Å²) in [7, 11) is 0. The first-order chi connectivity index (χ1) is 35.3. The topological polar surface area (TPSA) is 46.5 Å². The van der Waals surface area contributed by atoms with E-state index in [1.165, 1.54) is 19.1 Å². The van der Waals surface area contributed by atoms with Gasteiger partial charge in [0.25, 0.3) is 5.78 Å². The van der Waals surface area contributed by atoms with Crippen molar-refractivity contribution < 1.29 is 79.7 Å². The number of phenolic OH excluding ortho intramolecular Hbond substituents is 1. The summed E-state index contributed by atoms with van der Waals surface area (Å²) in [5.41, 5.74) is -0.0296. The van der Waals surface area contributed by atoms with Gasteiger partial charge in [0.1, 0.15) is 11.5 Å². The number of aromatic hydroxyl groups is 1. The minimum absolute atomic E-state index is 0. The zero-order valence-corrected chi connectivity index (χ0v) is 43.3. The van der Waals surface area contributed by atoms with Gasteiger partial charge in [-0.3, -0.25) is 4.79 Å². The largest absolute Gasteiger partial charge is 2.00 e. The van der Waals surface area contributed by atoms with Gasteiger partial charge in [-0.2, -0.15) is 77.3 Å². The Hall–Kier alpha value is -7.14. The van der Waals surface area contributed by atoms with Crippen LogP contribution in [0.4, 0.5) is 52.7 Å². The molecule has 0 amide bonds. The van der Waals surface area contributed by atoms with E-state index in [-0.39, 0.29) is 58.9 Å². The molecular formula is C60H47ClF12MgO3. The fourth-order valence-corrected chi connectivity index (χ4v) is 7.44. The molecule has 17 heteroatoms. The second kappa shape index (κ2) is 27.8. The number of rotatable bonds is 5. The van der Waals surface area contributed by atoms with Crippen LogP contribution in [0.3, 0.4) is 0 Å². The SMILES string of the molecule is C/C=C(/Cc1ccccc1)C(F)(F)F.C=C(C)C(=O)C(F)(F)F.FC(F)(F)c1cc2ccccc2c2c1C=CC(c1ccccc1)(c1ccccc1)O2.Oc1cc(C(F)(F)F)cc2ccccc12.[CH2-]c1ccccc1.[Cl-].[Mg+2]. The third-order valence-corrected chi connectivity index (χ3v) is 11.1. The fourth-order valence-electron chi connectivity index (χ4n) is 7.44. The molecule has 0 unspecified atom stereocenters. The molecule has 1 aliphatic heterocycles. The first kappa shape index (κ1) is 64.1. The van der Waals surface area contributed by atoms with Crippen LogP contribution in [0.15, 0.2) is 218 Å². The molecule has 0 radical (unpaired) electrons. The van der Waals surface area contributed by atoms with Crippen molar-refractivity contribution in [2.24, 2.45) is 0 Å². The first-order valence-corrected chi connectivity index (χ1v) is 22.6. The minimum Gasteiger partial charge on any atom is -1.00 e. The number of allylic oxidation sites excluding steroid dienone is 3. The Morgan fingerprint density at radius 3 is 1.45 bits per heavy atom. The van der Waals surface area contributed by atoms with Gasteiger partial charge in [-0.1, -0.05) is 158 Å². The van der Waals surface area contributed by atoms with Crippen LogP contribution in [0.5, 0.6) is 11.5 Å². The third-order valence-electron chi connectivity index (χ3n) is 11.1. The molecule has 0 spiro atoms. The van der Waals surface area contributed by atoms with Gasteiger partial charge in [0, 0.05) is 39.5 Å². The van der Waals surface area contributed by atoms with E-state index in [2.05, 4.69) is 13.5 Å². The van der Waals surface area contributed by atoms with Gasteiger partial charge >= 0.3 is 47.8 Å². The molecule has 0 saturated heterocycles. The Morgan fingerprint density at radius 2 is 1.05 bits per heavy atom. The second-order valence-corrected chi connectivity index (χ2v) is 16.6. The van der Waals surface area contributed by atoms with E-state index in [1.54, 1.807) is 78.9 Å². The first-order valence-electron chi connectivity index (χ1n) is 22.6. The van der Waals surface area contributed by atoms with Crippen molar-refractivity contribution in [1.82, 2.24) is 0 Å². The average molecular weight is 1100 g/mol. The quantitative estimate of drug-likeness (QED) is 0.0614. The monoisotopic (exact) mass is 1100 g/mol. The Kier molecular flexibility index (Phi) is 23.1. The standard InChI is InChI=1S/C26H17F3O.C11H7F3O.C11H11F3.C7H7.C5H5F3O.ClH.Mg/c27-26(28,29)23-17-18-9-7-8-14-21(18)24-22(23)15-16-25(30-24,19-10-3-1-4-11-19)20-12-5-2-6-13-20;12-11(13,14)8-5-7-3-1-2-4-9(7)10(15)6-8;1-2-10(11(12,13)14)8-9-6-4-3-5-7-9;1-7-5-3-2-4-6-7;1-3(2)4(9)5(6,7)8;;/h1-17H;1-6,15H;2-7H,8H2,1H3;2-6H,1H2;1H2,2H3;1H;/q;;;-1;;;+2/p-1/b;;10-2-;;;;. The van der Waals surface area contributed by atoms with Crippen molar-refractivity contribution in [2.75, 3.05) is 0 Å². The van der Waals surface area contributed by atoms with Gasteiger partial charge in [0.05, 0.1) is 11.1 Å². The summed E-state index contributed by atoms with van der Waals surface area (Å²) in [4.78, 5) is 9.94. The van der Waals surface area contributed by atoms with Crippen molar-refractivity contribution in [3.63, 3.8) is 0 Å². The van der Waals surface area contributed by atoms with E-state index < -0.39 is 58.4 Å². The Morgan fingerprint density at radius 1 is 0.610 bits per heavy atom. The van der Waals surface area contributed by atoms with Crippen LogP contribution in [0.1, 0.15) is 52.8 Å². The number of phenols is 1. The maximum Gasteiger partial charge on any atom is 2.00 e. The van der Waals surface area contributed by atoms with Crippen molar-refractivity contribution in [3.8, 4) is 11.5 Å². The summed E-state index contributed by atoms with van der Waals surface area (Å²) in [6.07, 6.45) is -13.6. The van der Waals surface area contributed by atoms with E-state index in [0.29, 0.717) is 27.1 Å². The number of carbonyl (C=O) groups is 1. The third kappa shape index (κ3) is 17.7. The molecule has 398 valence electrons. The minimum atomic E-state index is -4.76. The number of carbonyl (C=O) groups excluding carboxylic acids is 1. The smallest absolute Gasteiger partial charge is 1.00 e. The molecule has 9 rings (SSSR count). The summed E-state index contributed by atoms with van der Waals surface area (Å²) in [5, 5.41) is 11.4. The second-order valence-electron chi connectivity index (χ2n) is 16.6. The molecule has 0 fully saturated rings. The number of ether oxygens (including phenoxy) is 1. The number of benzene rings is 8. The van der Waals surface area contributed by atoms with E-state index >= 15 is 0 Å². The van der Waals surface area contributed by atoms with Crippen molar-refractivity contribution >= 4 is 56.5 Å². The van der Waals surface area contributed by atoms with Crippen LogP contribution in [0.25, 0.3) is 27.6 Å². The molecule has 0 aliphatic carbocycles. The molecular weight excluding hydrogens is 1060 g/mol. The van der Waals surface area contributed by atoms with Crippen LogP contribution in [0, 0.1) is 6.92 Å². The summed E-state index contributed by atoms with van der Waals surface area (Å²) in [5.74, 6) is -1.96. The van der Waals surface area contributed by atoms with Crippen LogP contribution >= 0.6 is 0 Å². The van der Waals surface area contributed by atoms with Crippen LogP contribution in [0.2, 0.25) is 0 Å². The number of hydrogen-bond acceptors (Lipinski definition) is 3. The molecule has 3 nitrogen and oxygen atoms in total. The Balaban J connectivity index is 0.000000281. The molecule has 8 aromatic carbocycles. The number of fused-ring (bicyclic) bond motifs is 4. The maximum absolute atomic E-state index is 13.9. The van der Waals surface area contributed by atoms with Gasteiger partial charge in [-0.25, -0.2) is 0 Å². The van der Waals surface area contributed by atoms with Crippen molar-refractivity contribution in [2.45, 2.75) is 50.6 Å². The molecule has 0 bridgehead atoms. The van der Waals surface area contributed by atoms with Gasteiger partial charge in [-0.15, -0.1) is 12.1 Å². The van der Waals surface area contributed by atoms with Crippen LogP contribution in [-0.4, -0.2) is 46.3 Å². The number of hydrogen-bond donors (Lipinski definition) is 1. The molecule has 1 N–H and O–H groups in total. The molecule has 1 aliphatic rings. The Labute approximate surface area is 459 Å². The van der Waals surface area contributed by atoms with Crippen molar-refractivity contribution in [3.05, 3.63) is 264 Å². The van der Waals surface area contributed by atoms with Crippen LogP contribution in [-0.2, 0) is 29.2 Å². The summed E-state index contributed by atoms with van der Waals surface area (Å²) >= 11 is 0. The molecule has 0 saturated carbocycles. The average Bonchev–Trinajstić information content (AvgIpc) is 3.38. The summed E-state index contributed by atoms with van der Waals surface area (Å²) < 4.78 is 156. The van der Waals surface area contributed by atoms with E-state index in [1.807, 2.05) is 97.1 Å². The normalized spacial score (nSPS) is 12.6. The molecule has 0 atom stereocenters. The number of alkyl halides is 12. The molecule has 8 aromatic rings. The Bertz CT molecular complexity index is 3190. The maximum atomic E-state index is 13.9. The predicted molar refractivity (Wildman–Crippen MR) is 275 cm³/mol. The van der Waals surface area contributed by atoms with Gasteiger partial charge in [-0.05, 0) is 66.1 Å². The summed E-state index contributed by atoms with van der Waals surface area (Å²) in [6, 6.07) is 54.0. The number of Topliss-reactive ketones (excluding diaryl/α,β-unsaturated/α-hetero) is 1. The molecule has 77 heavy (non-hydrogen) atoms. The fraction of sp³-hybridized carbons (Fsp3) is 0.133. The molecule has 0 aromatic heterocycles. The zero-order chi connectivity index (χ0) is 55.2. The number of ketones is 1. The van der Waals surface area contributed by atoms with Gasteiger partial charge in [0.2, 0.25) is 0 Å².